The lowest BCUT2D eigenvalue weighted by Crippen LogP contribution is -2.50. The summed E-state index contributed by atoms with van der Waals surface area (Å²) in [5, 5.41) is 0. The minimum atomic E-state index is -0.835. The van der Waals surface area contributed by atoms with Gasteiger partial charge in [-0.25, -0.2) is 8.78 Å². The SMILES string of the molecule is NC(CN1CCOC2CCCC21)c1cccc(F)c1F. The monoisotopic (exact) mass is 282 g/mol. The van der Waals surface area contributed by atoms with Crippen LogP contribution < -0.4 is 5.73 Å². The lowest BCUT2D eigenvalue weighted by atomic mass is 10.0. The summed E-state index contributed by atoms with van der Waals surface area (Å²) in [6.45, 7) is 2.05. The highest BCUT2D eigenvalue weighted by atomic mass is 19.2. The van der Waals surface area contributed by atoms with E-state index < -0.39 is 17.7 Å². The number of nitrogens with zero attached hydrogens (tertiary/aromatic N) is 1. The van der Waals surface area contributed by atoms with Crippen LogP contribution in [0, 0.1) is 11.6 Å². The largest absolute Gasteiger partial charge is 0.375 e. The molecule has 0 spiro atoms. The maximum atomic E-state index is 13.8. The van der Waals surface area contributed by atoms with Crippen molar-refractivity contribution in [2.75, 3.05) is 19.7 Å². The van der Waals surface area contributed by atoms with E-state index in [0.717, 1.165) is 31.9 Å². The molecule has 0 aromatic heterocycles. The summed E-state index contributed by atoms with van der Waals surface area (Å²) in [6, 6.07) is 4.06. The predicted molar refractivity (Wildman–Crippen MR) is 72.2 cm³/mol. The molecule has 20 heavy (non-hydrogen) atoms. The second kappa shape index (κ2) is 5.76. The maximum absolute atomic E-state index is 13.8. The van der Waals surface area contributed by atoms with Crippen molar-refractivity contribution < 1.29 is 13.5 Å². The van der Waals surface area contributed by atoms with Crippen LogP contribution in [-0.2, 0) is 4.74 Å². The van der Waals surface area contributed by atoms with E-state index in [1.165, 1.54) is 6.07 Å². The third kappa shape index (κ3) is 2.57. The van der Waals surface area contributed by atoms with Gasteiger partial charge in [-0.3, -0.25) is 4.90 Å². The molecule has 2 fully saturated rings. The Morgan fingerprint density at radius 2 is 2.20 bits per heavy atom. The minimum absolute atomic E-state index is 0.256. The van der Waals surface area contributed by atoms with Crippen molar-refractivity contribution in [3.8, 4) is 0 Å². The van der Waals surface area contributed by atoms with Crippen LogP contribution in [-0.4, -0.2) is 36.7 Å². The number of halogens is 2. The fraction of sp³-hybridized carbons (Fsp3) is 0.600. The van der Waals surface area contributed by atoms with Crippen molar-refractivity contribution in [1.82, 2.24) is 4.90 Å². The van der Waals surface area contributed by atoms with Gasteiger partial charge in [0.25, 0.3) is 0 Å². The van der Waals surface area contributed by atoms with Gasteiger partial charge >= 0.3 is 0 Å². The van der Waals surface area contributed by atoms with Crippen molar-refractivity contribution in [3.05, 3.63) is 35.4 Å². The van der Waals surface area contributed by atoms with Crippen molar-refractivity contribution in [3.63, 3.8) is 0 Å². The Morgan fingerprint density at radius 3 is 3.05 bits per heavy atom. The molecule has 3 rings (SSSR count). The summed E-state index contributed by atoms with van der Waals surface area (Å²) in [4.78, 5) is 2.27. The molecule has 110 valence electrons. The Hall–Kier alpha value is -1.04. The molecule has 1 aromatic carbocycles. The molecule has 2 aliphatic rings. The van der Waals surface area contributed by atoms with Crippen LogP contribution >= 0.6 is 0 Å². The van der Waals surface area contributed by atoms with E-state index in [-0.39, 0.29) is 11.7 Å². The van der Waals surface area contributed by atoms with Gasteiger partial charge in [0.2, 0.25) is 0 Å². The Morgan fingerprint density at radius 1 is 1.35 bits per heavy atom. The summed E-state index contributed by atoms with van der Waals surface area (Å²) < 4.78 is 32.8. The average Bonchev–Trinajstić information content (AvgIpc) is 2.91. The highest BCUT2D eigenvalue weighted by molar-refractivity contribution is 5.22. The number of morpholine rings is 1. The molecule has 0 radical (unpaired) electrons. The molecule has 1 aliphatic heterocycles. The molecule has 1 saturated carbocycles. The van der Waals surface area contributed by atoms with Crippen LogP contribution in [0.5, 0.6) is 0 Å². The van der Waals surface area contributed by atoms with E-state index in [9.17, 15) is 8.78 Å². The van der Waals surface area contributed by atoms with Crippen LogP contribution in [0.2, 0.25) is 0 Å². The number of nitrogens with two attached hydrogens (primary N) is 1. The van der Waals surface area contributed by atoms with Crippen molar-refractivity contribution in [2.45, 2.75) is 37.5 Å². The molecule has 1 aromatic rings. The highest BCUT2D eigenvalue weighted by Gasteiger charge is 2.36. The zero-order valence-corrected chi connectivity index (χ0v) is 11.4. The lowest BCUT2D eigenvalue weighted by molar-refractivity contribution is -0.0572. The first-order valence-corrected chi connectivity index (χ1v) is 7.22. The average molecular weight is 282 g/mol. The number of ether oxygens (including phenoxy) is 1. The van der Waals surface area contributed by atoms with E-state index in [4.69, 9.17) is 10.5 Å². The van der Waals surface area contributed by atoms with Crippen LogP contribution in [0.15, 0.2) is 18.2 Å². The zero-order valence-electron chi connectivity index (χ0n) is 11.4. The van der Waals surface area contributed by atoms with Crippen molar-refractivity contribution >= 4 is 0 Å². The third-order valence-corrected chi connectivity index (χ3v) is 4.41. The van der Waals surface area contributed by atoms with E-state index in [2.05, 4.69) is 4.90 Å². The molecule has 0 amide bonds. The van der Waals surface area contributed by atoms with E-state index in [1.54, 1.807) is 6.07 Å². The first-order valence-electron chi connectivity index (χ1n) is 7.22. The third-order valence-electron chi connectivity index (χ3n) is 4.41. The first-order chi connectivity index (χ1) is 9.66. The van der Waals surface area contributed by atoms with E-state index >= 15 is 0 Å². The summed E-state index contributed by atoms with van der Waals surface area (Å²) >= 11 is 0. The number of hydrogen-bond donors (Lipinski definition) is 1. The fourth-order valence-corrected chi connectivity index (χ4v) is 3.39. The second-order valence-electron chi connectivity index (χ2n) is 5.65. The van der Waals surface area contributed by atoms with Crippen molar-refractivity contribution in [1.29, 1.82) is 0 Å². The highest BCUT2D eigenvalue weighted by Crippen LogP contribution is 2.31. The maximum Gasteiger partial charge on any atom is 0.163 e. The van der Waals surface area contributed by atoms with E-state index in [1.807, 2.05) is 0 Å². The number of hydrogen-bond acceptors (Lipinski definition) is 3. The van der Waals surface area contributed by atoms with Gasteiger partial charge in [0.15, 0.2) is 11.6 Å². The van der Waals surface area contributed by atoms with Gasteiger partial charge in [-0.15, -0.1) is 0 Å². The molecule has 1 aliphatic carbocycles. The topological polar surface area (TPSA) is 38.5 Å². The lowest BCUT2D eigenvalue weighted by Gasteiger charge is -2.39. The Labute approximate surface area is 117 Å². The van der Waals surface area contributed by atoms with Gasteiger partial charge in [0, 0.05) is 30.7 Å². The molecular formula is C15H20F2N2O. The van der Waals surface area contributed by atoms with Gasteiger partial charge in [-0.2, -0.15) is 0 Å². The molecule has 1 heterocycles. The second-order valence-corrected chi connectivity index (χ2v) is 5.65. The van der Waals surface area contributed by atoms with Gasteiger partial charge in [0.1, 0.15) is 0 Å². The summed E-state index contributed by atoms with van der Waals surface area (Å²) in [5.74, 6) is -1.66. The van der Waals surface area contributed by atoms with Crippen LogP contribution in [0.1, 0.15) is 30.9 Å². The Kier molecular flexibility index (Phi) is 4.01. The normalized spacial score (nSPS) is 28.4. The molecule has 3 nitrogen and oxygen atoms in total. The summed E-state index contributed by atoms with van der Waals surface area (Å²) in [6.07, 6.45) is 3.64. The zero-order chi connectivity index (χ0) is 14.1. The molecule has 2 N–H and O–H groups in total. The minimum Gasteiger partial charge on any atom is -0.375 e. The number of benzene rings is 1. The first kappa shape index (κ1) is 13.9. The van der Waals surface area contributed by atoms with Crippen LogP contribution in [0.25, 0.3) is 0 Å². The quantitative estimate of drug-likeness (QED) is 0.924. The Balaban J connectivity index is 1.72. The summed E-state index contributed by atoms with van der Waals surface area (Å²) in [5.41, 5.74) is 6.34. The number of rotatable bonds is 3. The molecule has 3 unspecified atom stereocenters. The molecular weight excluding hydrogens is 262 g/mol. The van der Waals surface area contributed by atoms with Gasteiger partial charge in [-0.1, -0.05) is 12.1 Å². The molecule has 5 heteroatoms. The van der Waals surface area contributed by atoms with Gasteiger partial charge < -0.3 is 10.5 Å². The van der Waals surface area contributed by atoms with Gasteiger partial charge in [-0.05, 0) is 25.3 Å². The van der Waals surface area contributed by atoms with Crippen molar-refractivity contribution in [2.24, 2.45) is 5.73 Å². The smallest absolute Gasteiger partial charge is 0.163 e. The molecule has 0 bridgehead atoms. The van der Waals surface area contributed by atoms with Crippen LogP contribution in [0.4, 0.5) is 8.78 Å². The predicted octanol–water partition coefficient (Wildman–Crippen LogP) is 2.22. The van der Waals surface area contributed by atoms with Gasteiger partial charge in [0.05, 0.1) is 12.7 Å². The Bertz CT molecular complexity index is 483. The molecule has 1 saturated heterocycles. The van der Waals surface area contributed by atoms with Crippen LogP contribution in [0.3, 0.4) is 0 Å². The number of fused-ring (bicyclic) bond motifs is 1. The fourth-order valence-electron chi connectivity index (χ4n) is 3.39. The van der Waals surface area contributed by atoms with E-state index in [0.29, 0.717) is 19.2 Å². The molecule has 3 atom stereocenters. The standard InChI is InChI=1S/C15H20F2N2O/c16-11-4-1-3-10(15(11)17)12(18)9-19-7-8-20-14-6-2-5-13(14)19/h1,3-4,12-14H,2,5-9,18H2. The summed E-state index contributed by atoms with van der Waals surface area (Å²) in [7, 11) is 0.